The van der Waals surface area contributed by atoms with Crippen LogP contribution in [0.25, 0.3) is 0 Å². The van der Waals surface area contributed by atoms with Crippen LogP contribution in [0.5, 0.6) is 0 Å². The van der Waals surface area contributed by atoms with Crippen molar-refractivity contribution in [3.8, 4) is 0 Å². The number of carbonyl (C=O) groups excluding carboxylic acids is 1. The molecule has 0 bridgehead atoms. The zero-order valence-electron chi connectivity index (χ0n) is 8.70. The minimum Gasteiger partial charge on any atom is -0.359 e. The van der Waals surface area contributed by atoms with E-state index in [0.29, 0.717) is 5.82 Å². The van der Waals surface area contributed by atoms with Crippen LogP contribution in [0.2, 0.25) is 0 Å². The predicted octanol–water partition coefficient (Wildman–Crippen LogP) is 1.40. The monoisotopic (exact) mass is 197 g/mol. The molecular weight excluding hydrogens is 182 g/mol. The van der Waals surface area contributed by atoms with Crippen molar-refractivity contribution in [2.75, 3.05) is 19.0 Å². The summed E-state index contributed by atoms with van der Waals surface area (Å²) in [6.45, 7) is 2.06. The van der Waals surface area contributed by atoms with Crippen LogP contribution in [0.15, 0.2) is 10.6 Å². The van der Waals surface area contributed by atoms with E-state index in [4.69, 9.17) is 4.52 Å². The fourth-order valence-corrected chi connectivity index (χ4v) is 1.10. The summed E-state index contributed by atoms with van der Waals surface area (Å²) in [5, 5.41) is 6.30. The second kappa shape index (κ2) is 4.64. The second-order valence-electron chi connectivity index (χ2n) is 3.02. The number of aromatic nitrogens is 1. The number of nitrogens with zero attached hydrogens (tertiary/aromatic N) is 2. The lowest BCUT2D eigenvalue weighted by molar-refractivity contribution is 0.249. The van der Waals surface area contributed by atoms with Gasteiger partial charge in [0.25, 0.3) is 0 Å². The van der Waals surface area contributed by atoms with E-state index in [-0.39, 0.29) is 6.03 Å². The molecule has 1 rings (SSSR count). The van der Waals surface area contributed by atoms with Crippen LogP contribution in [-0.2, 0) is 6.42 Å². The van der Waals surface area contributed by atoms with Crippen LogP contribution in [0, 0.1) is 0 Å². The molecule has 0 aliphatic rings. The number of carbonyl (C=O) groups is 1. The Kier molecular flexibility index (Phi) is 3.50. The molecule has 0 saturated carbocycles. The van der Waals surface area contributed by atoms with Crippen molar-refractivity contribution in [3.63, 3.8) is 0 Å². The summed E-state index contributed by atoms with van der Waals surface area (Å²) < 4.78 is 5.05. The maximum Gasteiger partial charge on any atom is 0.322 e. The third-order valence-electron chi connectivity index (χ3n) is 1.91. The molecule has 0 unspecified atom stereocenters. The molecule has 1 heterocycles. The smallest absolute Gasteiger partial charge is 0.322 e. The van der Waals surface area contributed by atoms with Gasteiger partial charge in [-0.3, -0.25) is 4.90 Å². The van der Waals surface area contributed by atoms with E-state index in [0.717, 1.165) is 18.6 Å². The van der Waals surface area contributed by atoms with E-state index in [2.05, 4.69) is 17.4 Å². The van der Waals surface area contributed by atoms with Crippen LogP contribution < -0.4 is 10.2 Å². The molecule has 0 saturated heterocycles. The molecule has 0 spiro atoms. The summed E-state index contributed by atoms with van der Waals surface area (Å²) >= 11 is 0. The fourth-order valence-electron chi connectivity index (χ4n) is 1.10. The Hall–Kier alpha value is -1.52. The van der Waals surface area contributed by atoms with Gasteiger partial charge in [-0.1, -0.05) is 12.1 Å². The average molecular weight is 197 g/mol. The number of amides is 2. The molecule has 5 heteroatoms. The first-order valence-electron chi connectivity index (χ1n) is 4.60. The van der Waals surface area contributed by atoms with Gasteiger partial charge in [0, 0.05) is 26.6 Å². The first-order valence-corrected chi connectivity index (χ1v) is 4.60. The van der Waals surface area contributed by atoms with E-state index in [1.54, 1.807) is 20.2 Å². The van der Waals surface area contributed by atoms with Gasteiger partial charge in [0.2, 0.25) is 0 Å². The molecule has 78 valence electrons. The molecule has 0 fully saturated rings. The summed E-state index contributed by atoms with van der Waals surface area (Å²) in [5.74, 6) is 1.34. The SMILES string of the molecule is CCCc1cc(N(C)C(=O)NC)no1. The quantitative estimate of drug-likeness (QED) is 0.796. The number of nitrogens with one attached hydrogen (secondary N) is 1. The van der Waals surface area contributed by atoms with E-state index < -0.39 is 0 Å². The Balaban J connectivity index is 2.70. The molecule has 2 amide bonds. The van der Waals surface area contributed by atoms with Crippen molar-refractivity contribution < 1.29 is 9.32 Å². The molecule has 1 aromatic rings. The second-order valence-corrected chi connectivity index (χ2v) is 3.02. The molecule has 0 radical (unpaired) electrons. The number of anilines is 1. The molecule has 14 heavy (non-hydrogen) atoms. The zero-order valence-corrected chi connectivity index (χ0v) is 8.70. The lowest BCUT2D eigenvalue weighted by Gasteiger charge is -2.11. The zero-order chi connectivity index (χ0) is 10.6. The number of hydrogen-bond acceptors (Lipinski definition) is 3. The summed E-state index contributed by atoms with van der Waals surface area (Å²) in [7, 11) is 3.22. The molecule has 1 N–H and O–H groups in total. The van der Waals surface area contributed by atoms with Gasteiger partial charge in [0.05, 0.1) is 0 Å². The van der Waals surface area contributed by atoms with Crippen LogP contribution in [0.4, 0.5) is 10.6 Å². The predicted molar refractivity (Wildman–Crippen MR) is 53.4 cm³/mol. The molecule has 0 aliphatic carbocycles. The van der Waals surface area contributed by atoms with Gasteiger partial charge in [-0.05, 0) is 6.42 Å². The van der Waals surface area contributed by atoms with Gasteiger partial charge < -0.3 is 9.84 Å². The van der Waals surface area contributed by atoms with Crippen molar-refractivity contribution >= 4 is 11.8 Å². The Morgan fingerprint density at radius 3 is 3.00 bits per heavy atom. The lowest BCUT2D eigenvalue weighted by Crippen LogP contribution is -2.34. The average Bonchev–Trinajstić information content (AvgIpc) is 2.64. The fraction of sp³-hybridized carbons (Fsp3) is 0.556. The van der Waals surface area contributed by atoms with Crippen LogP contribution in [0.3, 0.4) is 0 Å². The van der Waals surface area contributed by atoms with E-state index in [1.165, 1.54) is 4.90 Å². The van der Waals surface area contributed by atoms with Crippen molar-refractivity contribution in [1.82, 2.24) is 10.5 Å². The minimum atomic E-state index is -0.207. The Bertz CT molecular complexity index is 309. The largest absolute Gasteiger partial charge is 0.359 e. The van der Waals surface area contributed by atoms with Gasteiger partial charge in [-0.2, -0.15) is 0 Å². The third-order valence-corrected chi connectivity index (χ3v) is 1.91. The molecule has 0 aromatic carbocycles. The highest BCUT2D eigenvalue weighted by molar-refractivity contribution is 5.89. The van der Waals surface area contributed by atoms with Crippen molar-refractivity contribution in [2.45, 2.75) is 19.8 Å². The van der Waals surface area contributed by atoms with E-state index in [1.807, 2.05) is 0 Å². The van der Waals surface area contributed by atoms with Gasteiger partial charge in [0.15, 0.2) is 5.82 Å². The number of aryl methyl sites for hydroxylation is 1. The molecule has 1 aromatic heterocycles. The van der Waals surface area contributed by atoms with Crippen molar-refractivity contribution in [3.05, 3.63) is 11.8 Å². The topological polar surface area (TPSA) is 58.4 Å². The Morgan fingerprint density at radius 1 is 1.71 bits per heavy atom. The maximum absolute atomic E-state index is 11.2. The summed E-state index contributed by atoms with van der Waals surface area (Å²) in [5.41, 5.74) is 0. The standard InChI is InChI=1S/C9H15N3O2/c1-4-5-7-6-8(11-14-7)12(3)9(13)10-2/h6H,4-5H2,1-3H3,(H,10,13). The first-order chi connectivity index (χ1) is 6.69. The Labute approximate surface area is 83.1 Å². The van der Waals surface area contributed by atoms with Crippen LogP contribution >= 0.6 is 0 Å². The highest BCUT2D eigenvalue weighted by Crippen LogP contribution is 2.14. The van der Waals surface area contributed by atoms with Crippen molar-refractivity contribution in [2.24, 2.45) is 0 Å². The molecule has 0 aliphatic heterocycles. The normalized spacial score (nSPS) is 9.93. The highest BCUT2D eigenvalue weighted by Gasteiger charge is 2.13. The number of rotatable bonds is 3. The molecular formula is C9H15N3O2. The van der Waals surface area contributed by atoms with Gasteiger partial charge in [-0.25, -0.2) is 4.79 Å². The van der Waals surface area contributed by atoms with E-state index >= 15 is 0 Å². The number of urea groups is 1. The minimum absolute atomic E-state index is 0.207. The van der Waals surface area contributed by atoms with Gasteiger partial charge in [-0.15, -0.1) is 0 Å². The summed E-state index contributed by atoms with van der Waals surface area (Å²) in [6, 6.07) is 1.57. The maximum atomic E-state index is 11.2. The first kappa shape index (κ1) is 10.6. The Morgan fingerprint density at radius 2 is 2.43 bits per heavy atom. The number of hydrogen-bond donors (Lipinski definition) is 1. The lowest BCUT2D eigenvalue weighted by atomic mass is 10.3. The highest BCUT2D eigenvalue weighted by atomic mass is 16.5. The van der Waals surface area contributed by atoms with Crippen LogP contribution in [-0.4, -0.2) is 25.3 Å². The summed E-state index contributed by atoms with van der Waals surface area (Å²) in [4.78, 5) is 12.6. The van der Waals surface area contributed by atoms with Crippen molar-refractivity contribution in [1.29, 1.82) is 0 Å². The van der Waals surface area contributed by atoms with Crippen LogP contribution in [0.1, 0.15) is 19.1 Å². The molecule has 0 atom stereocenters. The van der Waals surface area contributed by atoms with Gasteiger partial charge in [0.1, 0.15) is 5.76 Å². The summed E-state index contributed by atoms with van der Waals surface area (Å²) in [6.07, 6.45) is 1.84. The molecule has 5 nitrogen and oxygen atoms in total. The third kappa shape index (κ3) is 2.25. The van der Waals surface area contributed by atoms with E-state index in [9.17, 15) is 4.79 Å². The van der Waals surface area contributed by atoms with Gasteiger partial charge >= 0.3 is 6.03 Å².